The van der Waals surface area contributed by atoms with Crippen molar-refractivity contribution in [3.63, 3.8) is 0 Å². The Morgan fingerprint density at radius 3 is 2.43 bits per heavy atom. The van der Waals surface area contributed by atoms with Gasteiger partial charge in [-0.15, -0.1) is 0 Å². The SMILES string of the molecule is Cc1ccc(C)c(Oc2ccc(CO)cc2[N+](=O)[O-])c1C. The molecule has 0 bridgehead atoms. The zero-order valence-electron chi connectivity index (χ0n) is 12.2. The number of rotatable bonds is 4. The van der Waals surface area contributed by atoms with Crippen LogP contribution in [0.5, 0.6) is 11.5 Å². The first-order chi connectivity index (χ1) is 9.93. The van der Waals surface area contributed by atoms with Crippen molar-refractivity contribution in [1.82, 2.24) is 0 Å². The summed E-state index contributed by atoms with van der Waals surface area (Å²) in [7, 11) is 0. The van der Waals surface area contributed by atoms with E-state index < -0.39 is 4.92 Å². The maximum atomic E-state index is 11.2. The van der Waals surface area contributed by atoms with Crippen LogP contribution in [-0.4, -0.2) is 10.0 Å². The average Bonchev–Trinajstić information content (AvgIpc) is 2.47. The fourth-order valence-electron chi connectivity index (χ4n) is 2.08. The molecule has 0 radical (unpaired) electrons. The number of benzene rings is 2. The van der Waals surface area contributed by atoms with Gasteiger partial charge in [-0.2, -0.15) is 0 Å². The van der Waals surface area contributed by atoms with Gasteiger partial charge in [0.1, 0.15) is 5.75 Å². The summed E-state index contributed by atoms with van der Waals surface area (Å²) in [4.78, 5) is 10.7. The molecule has 5 heteroatoms. The van der Waals surface area contributed by atoms with Gasteiger partial charge in [0.15, 0.2) is 0 Å². The predicted octanol–water partition coefficient (Wildman–Crippen LogP) is 3.80. The number of hydrogen-bond acceptors (Lipinski definition) is 4. The molecule has 0 aromatic heterocycles. The van der Waals surface area contributed by atoms with Crippen LogP contribution in [0, 0.1) is 30.9 Å². The quantitative estimate of drug-likeness (QED) is 0.685. The summed E-state index contributed by atoms with van der Waals surface area (Å²) >= 11 is 0. The molecule has 1 N–H and O–H groups in total. The minimum atomic E-state index is -0.505. The highest BCUT2D eigenvalue weighted by Crippen LogP contribution is 2.36. The molecule has 0 fully saturated rings. The Balaban J connectivity index is 2.49. The van der Waals surface area contributed by atoms with Gasteiger partial charge < -0.3 is 9.84 Å². The lowest BCUT2D eigenvalue weighted by atomic mass is 10.1. The van der Waals surface area contributed by atoms with E-state index in [-0.39, 0.29) is 18.0 Å². The first kappa shape index (κ1) is 15.0. The summed E-state index contributed by atoms with van der Waals surface area (Å²) in [5.41, 5.74) is 3.26. The van der Waals surface area contributed by atoms with Crippen molar-refractivity contribution in [3.8, 4) is 11.5 Å². The van der Waals surface area contributed by atoms with E-state index in [4.69, 9.17) is 9.84 Å². The molecule has 0 unspecified atom stereocenters. The molecule has 0 heterocycles. The Hall–Kier alpha value is -2.40. The second kappa shape index (κ2) is 5.93. The fraction of sp³-hybridized carbons (Fsp3) is 0.250. The van der Waals surface area contributed by atoms with Crippen LogP contribution >= 0.6 is 0 Å². The first-order valence-corrected chi connectivity index (χ1v) is 6.57. The van der Waals surface area contributed by atoms with Crippen LogP contribution in [0.25, 0.3) is 0 Å². The van der Waals surface area contributed by atoms with Crippen LogP contribution in [0.2, 0.25) is 0 Å². The van der Waals surface area contributed by atoms with Crippen molar-refractivity contribution in [2.24, 2.45) is 0 Å². The standard InChI is InChI=1S/C16H17NO4/c1-10-4-5-11(2)16(12(10)3)21-15-7-6-13(9-18)8-14(15)17(19)20/h4-8,18H,9H2,1-3H3. The number of hydrogen-bond donors (Lipinski definition) is 1. The normalized spacial score (nSPS) is 10.5. The van der Waals surface area contributed by atoms with E-state index in [1.54, 1.807) is 6.07 Å². The van der Waals surface area contributed by atoms with E-state index in [0.717, 1.165) is 16.7 Å². The molecule has 5 nitrogen and oxygen atoms in total. The van der Waals surface area contributed by atoms with E-state index in [9.17, 15) is 10.1 Å². The smallest absolute Gasteiger partial charge is 0.311 e. The summed E-state index contributed by atoms with van der Waals surface area (Å²) in [6, 6.07) is 8.37. The zero-order valence-corrected chi connectivity index (χ0v) is 12.2. The summed E-state index contributed by atoms with van der Waals surface area (Å²) in [6.07, 6.45) is 0. The van der Waals surface area contributed by atoms with E-state index >= 15 is 0 Å². The molecular weight excluding hydrogens is 270 g/mol. The lowest BCUT2D eigenvalue weighted by Crippen LogP contribution is -1.98. The molecule has 0 aliphatic heterocycles. The zero-order chi connectivity index (χ0) is 15.6. The Kier molecular flexibility index (Phi) is 4.23. The predicted molar refractivity (Wildman–Crippen MR) is 79.7 cm³/mol. The molecule has 0 saturated carbocycles. The van der Waals surface area contributed by atoms with Crippen LogP contribution in [0.15, 0.2) is 30.3 Å². The molecule has 0 amide bonds. The minimum absolute atomic E-state index is 0.151. The molecule has 0 spiro atoms. The molecule has 0 aliphatic carbocycles. The van der Waals surface area contributed by atoms with Gasteiger partial charge in [0.05, 0.1) is 11.5 Å². The number of aliphatic hydroxyl groups is 1. The lowest BCUT2D eigenvalue weighted by molar-refractivity contribution is -0.385. The lowest BCUT2D eigenvalue weighted by Gasteiger charge is -2.14. The summed E-state index contributed by atoms with van der Waals surface area (Å²) in [5.74, 6) is 0.809. The van der Waals surface area contributed by atoms with Gasteiger partial charge in [-0.25, -0.2) is 0 Å². The molecule has 2 aromatic carbocycles. The van der Waals surface area contributed by atoms with Gasteiger partial charge in [0.25, 0.3) is 0 Å². The summed E-state index contributed by atoms with van der Waals surface area (Å²) < 4.78 is 5.79. The topological polar surface area (TPSA) is 72.6 Å². The highest BCUT2D eigenvalue weighted by molar-refractivity contribution is 5.53. The third-order valence-corrected chi connectivity index (χ3v) is 3.49. The fourth-order valence-corrected chi connectivity index (χ4v) is 2.08. The van der Waals surface area contributed by atoms with Gasteiger partial charge >= 0.3 is 5.69 Å². The maximum Gasteiger partial charge on any atom is 0.311 e. The largest absolute Gasteiger partial charge is 0.450 e. The second-order valence-electron chi connectivity index (χ2n) is 4.97. The van der Waals surface area contributed by atoms with E-state index in [0.29, 0.717) is 11.3 Å². The van der Waals surface area contributed by atoms with Crippen molar-refractivity contribution in [1.29, 1.82) is 0 Å². The van der Waals surface area contributed by atoms with Crippen LogP contribution in [0.1, 0.15) is 22.3 Å². The molecule has 2 rings (SSSR count). The van der Waals surface area contributed by atoms with Crippen molar-refractivity contribution >= 4 is 5.69 Å². The summed E-state index contributed by atoms with van der Waals surface area (Å²) in [5, 5.41) is 20.2. The van der Waals surface area contributed by atoms with Gasteiger partial charge in [0.2, 0.25) is 5.75 Å². The molecular formula is C16H17NO4. The molecule has 0 saturated heterocycles. The Labute approximate surface area is 123 Å². The Morgan fingerprint density at radius 1 is 1.14 bits per heavy atom. The molecule has 0 atom stereocenters. The Bertz CT molecular complexity index is 695. The Morgan fingerprint density at radius 2 is 1.81 bits per heavy atom. The monoisotopic (exact) mass is 287 g/mol. The van der Waals surface area contributed by atoms with Crippen LogP contribution in [-0.2, 0) is 6.61 Å². The van der Waals surface area contributed by atoms with Crippen molar-refractivity contribution in [2.45, 2.75) is 27.4 Å². The van der Waals surface area contributed by atoms with Gasteiger partial charge in [0, 0.05) is 6.07 Å². The van der Waals surface area contributed by atoms with Crippen LogP contribution in [0.4, 0.5) is 5.69 Å². The maximum absolute atomic E-state index is 11.2. The van der Waals surface area contributed by atoms with Gasteiger partial charge in [-0.1, -0.05) is 18.2 Å². The molecule has 2 aromatic rings. The van der Waals surface area contributed by atoms with E-state index in [1.165, 1.54) is 12.1 Å². The number of nitro benzene ring substituents is 1. The third kappa shape index (κ3) is 3.03. The van der Waals surface area contributed by atoms with E-state index in [2.05, 4.69) is 0 Å². The highest BCUT2D eigenvalue weighted by Gasteiger charge is 2.18. The van der Waals surface area contributed by atoms with Crippen molar-refractivity contribution < 1.29 is 14.8 Å². The first-order valence-electron chi connectivity index (χ1n) is 6.57. The second-order valence-corrected chi connectivity index (χ2v) is 4.97. The van der Waals surface area contributed by atoms with Gasteiger partial charge in [-0.05, 0) is 49.1 Å². The van der Waals surface area contributed by atoms with Crippen LogP contribution < -0.4 is 4.74 Å². The number of nitro groups is 1. The number of aryl methyl sites for hydroxylation is 2. The van der Waals surface area contributed by atoms with E-state index in [1.807, 2.05) is 32.9 Å². The highest BCUT2D eigenvalue weighted by atomic mass is 16.6. The van der Waals surface area contributed by atoms with Crippen LogP contribution in [0.3, 0.4) is 0 Å². The molecule has 21 heavy (non-hydrogen) atoms. The summed E-state index contributed by atoms with van der Waals surface area (Å²) in [6.45, 7) is 5.54. The average molecular weight is 287 g/mol. The van der Waals surface area contributed by atoms with Crippen molar-refractivity contribution in [3.05, 3.63) is 62.7 Å². The third-order valence-electron chi connectivity index (χ3n) is 3.49. The number of aliphatic hydroxyl groups excluding tert-OH is 1. The molecule has 0 aliphatic rings. The van der Waals surface area contributed by atoms with Crippen molar-refractivity contribution in [2.75, 3.05) is 0 Å². The van der Waals surface area contributed by atoms with Gasteiger partial charge in [-0.3, -0.25) is 10.1 Å². The molecule has 110 valence electrons. The number of ether oxygens (including phenoxy) is 1. The minimum Gasteiger partial charge on any atom is -0.450 e. The number of nitrogens with zero attached hydrogens (tertiary/aromatic N) is 1.